The van der Waals surface area contributed by atoms with Crippen LogP contribution in [0.3, 0.4) is 0 Å². The molecule has 3 rings (SSSR count). The van der Waals surface area contributed by atoms with Gasteiger partial charge in [-0.1, -0.05) is 38.3 Å². The van der Waals surface area contributed by atoms with Crippen LogP contribution >= 0.6 is 11.6 Å². The number of carbonyl (C=O) groups is 1. The Bertz CT molecular complexity index is 813. The number of carbonyl (C=O) groups excluding carboxylic acids is 1. The minimum absolute atomic E-state index is 0.211. The third-order valence-corrected chi connectivity index (χ3v) is 4.98. The lowest BCUT2D eigenvalue weighted by Gasteiger charge is -2.14. The Morgan fingerprint density at radius 1 is 1.32 bits per heavy atom. The molecule has 1 aromatic carbocycles. The molecule has 0 spiro atoms. The molecule has 1 aromatic heterocycles. The number of halogens is 1. The number of ether oxygens (including phenoxy) is 2. The van der Waals surface area contributed by atoms with Crippen LogP contribution in [0.4, 0.5) is 4.79 Å². The van der Waals surface area contributed by atoms with Gasteiger partial charge in [0.05, 0.1) is 13.2 Å². The van der Waals surface area contributed by atoms with Gasteiger partial charge in [0, 0.05) is 28.4 Å². The van der Waals surface area contributed by atoms with E-state index in [9.17, 15) is 4.79 Å². The number of hydrogen-bond acceptors (Lipinski definition) is 4. The molecule has 28 heavy (non-hydrogen) atoms. The molecule has 1 fully saturated rings. The first-order valence-electron chi connectivity index (χ1n) is 9.84. The molecule has 0 saturated heterocycles. The van der Waals surface area contributed by atoms with Crippen molar-refractivity contribution >= 4 is 17.7 Å². The molecule has 0 aliphatic heterocycles. The number of nitrogens with one attached hydrogen (secondary N) is 1. The Balaban J connectivity index is 1.67. The number of amides is 1. The first-order chi connectivity index (χ1) is 13.4. The van der Waals surface area contributed by atoms with Crippen LogP contribution in [0.2, 0.25) is 5.02 Å². The van der Waals surface area contributed by atoms with Crippen LogP contribution in [-0.2, 0) is 6.54 Å². The van der Waals surface area contributed by atoms with Crippen LogP contribution < -0.4 is 14.8 Å². The van der Waals surface area contributed by atoms with Gasteiger partial charge in [-0.25, -0.2) is 4.79 Å². The van der Waals surface area contributed by atoms with Gasteiger partial charge in [0.25, 0.3) is 0 Å². The number of rotatable bonds is 7. The predicted octanol–water partition coefficient (Wildman–Crippen LogP) is 4.96. The van der Waals surface area contributed by atoms with E-state index in [2.05, 4.69) is 24.3 Å². The molecule has 2 aromatic rings. The number of aromatic nitrogens is 2. The lowest BCUT2D eigenvalue weighted by atomic mass is 10.2. The monoisotopic (exact) mass is 405 g/mol. The number of hydrogen-bond donors (Lipinski definition) is 1. The summed E-state index contributed by atoms with van der Waals surface area (Å²) in [6, 6.07) is 7.55. The number of nitrogens with zero attached hydrogens (tertiary/aromatic N) is 2. The molecule has 152 valence electrons. The van der Waals surface area contributed by atoms with Crippen molar-refractivity contribution in [2.45, 2.75) is 59.0 Å². The van der Waals surface area contributed by atoms with E-state index in [-0.39, 0.29) is 6.04 Å². The smallest absolute Gasteiger partial charge is 0.414 e. The van der Waals surface area contributed by atoms with Crippen molar-refractivity contribution in [3.8, 4) is 11.6 Å². The van der Waals surface area contributed by atoms with Crippen molar-refractivity contribution in [1.29, 1.82) is 0 Å². The molecular weight excluding hydrogens is 378 g/mol. The number of benzene rings is 1. The Hall–Kier alpha value is -2.21. The summed E-state index contributed by atoms with van der Waals surface area (Å²) in [4.78, 5) is 12.1. The zero-order chi connectivity index (χ0) is 20.1. The van der Waals surface area contributed by atoms with Crippen LogP contribution in [0.25, 0.3) is 0 Å². The summed E-state index contributed by atoms with van der Waals surface area (Å²) in [6.07, 6.45) is 3.88. The van der Waals surface area contributed by atoms with Gasteiger partial charge in [0.2, 0.25) is 5.88 Å². The minimum atomic E-state index is -0.444. The second-order valence-electron chi connectivity index (χ2n) is 7.75. The fourth-order valence-electron chi connectivity index (χ4n) is 3.28. The molecule has 1 saturated carbocycles. The van der Waals surface area contributed by atoms with Gasteiger partial charge in [-0.05, 0) is 43.9 Å². The molecule has 0 bridgehead atoms. The summed E-state index contributed by atoms with van der Waals surface area (Å²) in [6.45, 7) is 7.24. The molecular formula is C21H28ClN3O3. The third-order valence-electron chi connectivity index (χ3n) is 4.75. The van der Waals surface area contributed by atoms with E-state index < -0.39 is 6.09 Å². The van der Waals surface area contributed by atoms with E-state index >= 15 is 0 Å². The average molecular weight is 406 g/mol. The fraction of sp³-hybridized carbons (Fsp3) is 0.524. The maximum atomic E-state index is 12.1. The van der Waals surface area contributed by atoms with Crippen molar-refractivity contribution in [3.05, 3.63) is 40.5 Å². The quantitative estimate of drug-likeness (QED) is 0.707. The molecule has 1 N–H and O–H groups in total. The zero-order valence-corrected chi connectivity index (χ0v) is 17.5. The topological polar surface area (TPSA) is 65.4 Å². The predicted molar refractivity (Wildman–Crippen MR) is 109 cm³/mol. The van der Waals surface area contributed by atoms with E-state index in [0.29, 0.717) is 30.0 Å². The summed E-state index contributed by atoms with van der Waals surface area (Å²) < 4.78 is 13.1. The van der Waals surface area contributed by atoms with Crippen LogP contribution in [0.1, 0.15) is 50.8 Å². The molecule has 1 aliphatic rings. The fourth-order valence-corrected chi connectivity index (χ4v) is 3.48. The molecule has 0 radical (unpaired) electrons. The van der Waals surface area contributed by atoms with Crippen LogP contribution in [-0.4, -0.2) is 28.5 Å². The van der Waals surface area contributed by atoms with E-state index in [1.807, 2.05) is 25.1 Å². The Morgan fingerprint density at radius 3 is 2.79 bits per heavy atom. The zero-order valence-electron chi connectivity index (χ0n) is 16.7. The van der Waals surface area contributed by atoms with Crippen molar-refractivity contribution in [2.24, 2.45) is 5.92 Å². The highest BCUT2D eigenvalue weighted by Gasteiger charge is 2.19. The van der Waals surface area contributed by atoms with Gasteiger partial charge in [0.15, 0.2) is 0 Å². The molecule has 7 heteroatoms. The minimum Gasteiger partial charge on any atom is -0.493 e. The largest absolute Gasteiger partial charge is 0.493 e. The molecule has 0 atom stereocenters. The van der Waals surface area contributed by atoms with E-state index in [0.717, 1.165) is 42.7 Å². The van der Waals surface area contributed by atoms with E-state index in [4.69, 9.17) is 21.1 Å². The summed E-state index contributed by atoms with van der Waals surface area (Å²) >= 11 is 6.18. The molecule has 1 amide bonds. The standard InChI is InChI=1S/C21H28ClN3O3/c1-14(2)13-27-19-9-8-17(22)11-16(19)12-25-15(3)10-20(24-25)28-21(26)23-18-6-4-5-7-18/h8-11,14,18H,4-7,12-13H2,1-3H3,(H,23,26). The van der Waals surface area contributed by atoms with Gasteiger partial charge >= 0.3 is 6.09 Å². The second-order valence-corrected chi connectivity index (χ2v) is 8.19. The summed E-state index contributed by atoms with van der Waals surface area (Å²) in [5.41, 5.74) is 1.82. The van der Waals surface area contributed by atoms with Crippen molar-refractivity contribution < 1.29 is 14.3 Å². The SMILES string of the molecule is Cc1cc(OC(=O)NC2CCCC2)nn1Cc1cc(Cl)ccc1OCC(C)C. The van der Waals surface area contributed by atoms with Gasteiger partial charge in [-0.3, -0.25) is 4.68 Å². The van der Waals surface area contributed by atoms with Crippen LogP contribution in [0, 0.1) is 12.8 Å². The van der Waals surface area contributed by atoms with Crippen molar-refractivity contribution in [2.75, 3.05) is 6.61 Å². The third kappa shape index (κ3) is 5.64. The molecule has 6 nitrogen and oxygen atoms in total. The average Bonchev–Trinajstić information content (AvgIpc) is 3.24. The van der Waals surface area contributed by atoms with Gasteiger partial charge in [-0.15, -0.1) is 5.10 Å². The Labute approximate surface area is 171 Å². The van der Waals surface area contributed by atoms with Crippen LogP contribution in [0.5, 0.6) is 11.6 Å². The van der Waals surface area contributed by atoms with E-state index in [1.54, 1.807) is 10.7 Å². The lowest BCUT2D eigenvalue weighted by molar-refractivity contribution is 0.194. The molecule has 1 heterocycles. The maximum Gasteiger partial charge on any atom is 0.414 e. The lowest BCUT2D eigenvalue weighted by Crippen LogP contribution is -2.34. The summed E-state index contributed by atoms with van der Waals surface area (Å²) in [5, 5.41) is 7.97. The molecule has 0 unspecified atom stereocenters. The maximum absolute atomic E-state index is 12.1. The van der Waals surface area contributed by atoms with Crippen molar-refractivity contribution in [3.63, 3.8) is 0 Å². The Kier molecular flexibility index (Phi) is 6.83. The van der Waals surface area contributed by atoms with E-state index in [1.165, 1.54) is 0 Å². The highest BCUT2D eigenvalue weighted by molar-refractivity contribution is 6.30. The number of aryl methyl sites for hydroxylation is 1. The van der Waals surface area contributed by atoms with Crippen LogP contribution in [0.15, 0.2) is 24.3 Å². The highest BCUT2D eigenvalue weighted by atomic mass is 35.5. The summed E-state index contributed by atoms with van der Waals surface area (Å²) in [7, 11) is 0. The highest BCUT2D eigenvalue weighted by Crippen LogP contribution is 2.25. The first-order valence-corrected chi connectivity index (χ1v) is 10.2. The molecule has 1 aliphatic carbocycles. The van der Waals surface area contributed by atoms with Gasteiger partial charge < -0.3 is 14.8 Å². The normalized spacial score (nSPS) is 14.5. The summed E-state index contributed by atoms with van der Waals surface area (Å²) in [5.74, 6) is 1.50. The Morgan fingerprint density at radius 2 is 2.07 bits per heavy atom. The first kappa shape index (κ1) is 20.5. The second kappa shape index (κ2) is 9.32. The van der Waals surface area contributed by atoms with Gasteiger partial charge in [-0.2, -0.15) is 0 Å². The van der Waals surface area contributed by atoms with Gasteiger partial charge in [0.1, 0.15) is 5.75 Å². The van der Waals surface area contributed by atoms with Crippen molar-refractivity contribution in [1.82, 2.24) is 15.1 Å².